The van der Waals surface area contributed by atoms with Crippen LogP contribution >= 0.6 is 0 Å². The first-order chi connectivity index (χ1) is 20.2. The molecule has 1 aromatic carbocycles. The molecule has 4 rings (SSSR count). The largest absolute Gasteiger partial charge is 0.303 e. The first kappa shape index (κ1) is 33.5. The summed E-state index contributed by atoms with van der Waals surface area (Å²) in [6.07, 6.45) is 33.3. The molecule has 3 aliphatic rings. The molecule has 41 heavy (non-hydrogen) atoms. The average molecular weight is 549 g/mol. The highest BCUT2D eigenvalue weighted by atomic mass is 15.1. The number of allylic oxidation sites excluding steroid dienone is 8. The van der Waals surface area contributed by atoms with E-state index in [9.17, 15) is 5.26 Å². The van der Waals surface area contributed by atoms with Crippen LogP contribution < -0.4 is 0 Å². The second-order valence-corrected chi connectivity index (χ2v) is 10.2. The minimum Gasteiger partial charge on any atom is -0.303 e. The Morgan fingerprint density at radius 3 is 2.56 bits per heavy atom. The van der Waals surface area contributed by atoms with Crippen molar-refractivity contribution in [2.75, 3.05) is 26.2 Å². The van der Waals surface area contributed by atoms with Gasteiger partial charge in [0.2, 0.25) is 0 Å². The maximum absolute atomic E-state index is 9.18. The number of piperidine rings is 1. The van der Waals surface area contributed by atoms with Crippen LogP contribution in [0.25, 0.3) is 0 Å². The molecule has 0 spiro atoms. The van der Waals surface area contributed by atoms with E-state index >= 15 is 0 Å². The Bertz CT molecular complexity index is 1160. The summed E-state index contributed by atoms with van der Waals surface area (Å²) in [5, 5.41) is 9.18. The number of terminal acetylenes is 1. The summed E-state index contributed by atoms with van der Waals surface area (Å²) < 4.78 is 0. The van der Waals surface area contributed by atoms with Crippen molar-refractivity contribution in [1.82, 2.24) is 4.90 Å². The number of aliphatic imine (C=N–C) groups is 2. The summed E-state index contributed by atoms with van der Waals surface area (Å²) in [6, 6.07) is 13.3. The summed E-state index contributed by atoms with van der Waals surface area (Å²) in [7, 11) is 0. The van der Waals surface area contributed by atoms with Crippen LogP contribution in [0.4, 0.5) is 0 Å². The van der Waals surface area contributed by atoms with Crippen LogP contribution in [0.15, 0.2) is 101 Å². The van der Waals surface area contributed by atoms with E-state index in [-0.39, 0.29) is 5.92 Å². The third-order valence-electron chi connectivity index (χ3n) is 7.57. The summed E-state index contributed by atoms with van der Waals surface area (Å²) >= 11 is 0. The number of hydrogen-bond acceptors (Lipinski definition) is 4. The van der Waals surface area contributed by atoms with Gasteiger partial charge in [-0.1, -0.05) is 98.9 Å². The predicted molar refractivity (Wildman–Crippen MR) is 177 cm³/mol. The van der Waals surface area contributed by atoms with Gasteiger partial charge in [0.15, 0.2) is 5.84 Å². The van der Waals surface area contributed by atoms with Gasteiger partial charge < -0.3 is 4.90 Å². The van der Waals surface area contributed by atoms with Crippen molar-refractivity contribution in [1.29, 1.82) is 5.26 Å². The Balaban J connectivity index is 0.00000141. The standard InChI is InChI=1S/C33H40N4.C2H6.C2H2/c1-2-3-4-6-13-30(29-11-7-5-8-12-29)20-24-37-22-18-27(19-23-37)25-32-17-21-35-33(36-32)31-14-9-10-28(26-34)15-16-31;2*1-2/h2-12,14-16,27-28,30H,13,17-25H2,1H3;1-2H3;1-2H/b3-2-,6-4-;;. The van der Waals surface area contributed by atoms with Gasteiger partial charge >= 0.3 is 0 Å². The SMILES string of the molecule is C#C.C/C=C\C=C/CC(CCN1CCC(CC2=NC(C3=CC=CC(C#N)C=C3)=NCC2)CC1)c1ccccc1.CC. The number of likely N-dealkylation sites (tertiary alicyclic amines) is 1. The van der Waals surface area contributed by atoms with Gasteiger partial charge in [-0.05, 0) is 76.1 Å². The third kappa shape index (κ3) is 11.7. The molecular formula is C37H48N4. The second-order valence-electron chi connectivity index (χ2n) is 10.2. The normalized spacial score (nSPS) is 20.0. The van der Waals surface area contributed by atoms with E-state index < -0.39 is 0 Å². The van der Waals surface area contributed by atoms with Crippen molar-refractivity contribution >= 4 is 11.5 Å². The third-order valence-corrected chi connectivity index (χ3v) is 7.57. The molecule has 1 saturated heterocycles. The van der Waals surface area contributed by atoms with Crippen molar-refractivity contribution in [2.24, 2.45) is 21.8 Å². The summed E-state index contributed by atoms with van der Waals surface area (Å²) in [5.74, 6) is 1.93. The van der Waals surface area contributed by atoms with Crippen molar-refractivity contribution in [3.8, 4) is 18.9 Å². The van der Waals surface area contributed by atoms with Crippen molar-refractivity contribution in [3.63, 3.8) is 0 Å². The Kier molecular flexibility index (Phi) is 16.5. The topological polar surface area (TPSA) is 51.8 Å². The van der Waals surface area contributed by atoms with Crippen LogP contribution in [0.2, 0.25) is 0 Å². The maximum Gasteiger partial charge on any atom is 0.154 e. The van der Waals surface area contributed by atoms with Crippen molar-refractivity contribution in [2.45, 2.75) is 65.2 Å². The van der Waals surface area contributed by atoms with Gasteiger partial charge in [0, 0.05) is 24.3 Å². The summed E-state index contributed by atoms with van der Waals surface area (Å²) in [5.41, 5.74) is 3.75. The van der Waals surface area contributed by atoms with Crippen molar-refractivity contribution in [3.05, 3.63) is 96.2 Å². The molecule has 2 aliphatic heterocycles. The molecule has 216 valence electrons. The van der Waals surface area contributed by atoms with Gasteiger partial charge in [-0.25, -0.2) is 4.99 Å². The van der Waals surface area contributed by atoms with Crippen LogP contribution in [0.1, 0.15) is 70.8 Å². The molecule has 0 aromatic heterocycles. The van der Waals surface area contributed by atoms with E-state index in [1.54, 1.807) is 0 Å². The lowest BCUT2D eigenvalue weighted by Gasteiger charge is -2.33. The molecule has 1 fully saturated rings. The molecule has 0 bridgehead atoms. The summed E-state index contributed by atoms with van der Waals surface area (Å²) in [6.45, 7) is 10.4. The zero-order valence-electron chi connectivity index (χ0n) is 25.3. The highest BCUT2D eigenvalue weighted by molar-refractivity contribution is 6.09. The lowest BCUT2D eigenvalue weighted by atomic mass is 9.89. The highest BCUT2D eigenvalue weighted by Gasteiger charge is 2.23. The molecular weight excluding hydrogens is 500 g/mol. The molecule has 4 nitrogen and oxygen atoms in total. The van der Waals surface area contributed by atoms with E-state index in [4.69, 9.17) is 4.99 Å². The molecule has 0 radical (unpaired) electrons. The molecule has 4 heteroatoms. The van der Waals surface area contributed by atoms with Crippen molar-refractivity contribution < 1.29 is 0 Å². The van der Waals surface area contributed by atoms with Gasteiger partial charge in [-0.15, -0.1) is 12.8 Å². The number of benzene rings is 1. The Hall–Kier alpha value is -3.73. The molecule has 1 aromatic rings. The molecule has 2 unspecified atom stereocenters. The van der Waals surface area contributed by atoms with Crippen LogP contribution in [-0.2, 0) is 0 Å². The van der Waals surface area contributed by atoms with E-state index in [0.29, 0.717) is 11.8 Å². The molecule has 0 saturated carbocycles. The fraction of sp³-hybridized carbons (Fsp3) is 0.432. The van der Waals surface area contributed by atoms with Gasteiger partial charge in [0.25, 0.3) is 0 Å². The minimum atomic E-state index is -0.177. The van der Waals surface area contributed by atoms with E-state index in [0.717, 1.165) is 37.2 Å². The first-order valence-corrected chi connectivity index (χ1v) is 15.2. The first-order valence-electron chi connectivity index (χ1n) is 15.2. The number of rotatable bonds is 10. The van der Waals surface area contributed by atoms with E-state index in [1.807, 2.05) is 44.2 Å². The van der Waals surface area contributed by atoms with Gasteiger partial charge in [-0.3, -0.25) is 4.99 Å². The maximum atomic E-state index is 9.18. The average Bonchev–Trinajstić information content (AvgIpc) is 3.30. The fourth-order valence-corrected chi connectivity index (χ4v) is 5.34. The molecule has 1 aliphatic carbocycles. The van der Waals surface area contributed by atoms with Gasteiger partial charge in [0.05, 0.1) is 12.0 Å². The number of hydrogen-bond donors (Lipinski definition) is 0. The van der Waals surface area contributed by atoms with Crippen LogP contribution in [-0.4, -0.2) is 42.6 Å². The lowest BCUT2D eigenvalue weighted by molar-refractivity contribution is 0.181. The quantitative estimate of drug-likeness (QED) is 0.217. The summed E-state index contributed by atoms with van der Waals surface area (Å²) in [4.78, 5) is 12.3. The highest BCUT2D eigenvalue weighted by Crippen LogP contribution is 2.27. The fourth-order valence-electron chi connectivity index (χ4n) is 5.34. The van der Waals surface area contributed by atoms with Gasteiger partial charge in [-0.2, -0.15) is 5.26 Å². The molecule has 2 heterocycles. The van der Waals surface area contributed by atoms with Crippen LogP contribution in [0.3, 0.4) is 0 Å². The second kappa shape index (κ2) is 20.2. The molecule has 0 N–H and O–H groups in total. The zero-order chi connectivity index (χ0) is 29.7. The Morgan fingerprint density at radius 1 is 1.10 bits per heavy atom. The van der Waals surface area contributed by atoms with Gasteiger partial charge in [0.1, 0.15) is 0 Å². The number of amidine groups is 1. The molecule has 0 amide bonds. The Labute approximate surface area is 249 Å². The smallest absolute Gasteiger partial charge is 0.154 e. The number of nitrogens with zero attached hydrogens (tertiary/aromatic N) is 4. The van der Waals surface area contributed by atoms with E-state index in [2.05, 4.69) is 90.4 Å². The van der Waals surface area contributed by atoms with Crippen LogP contribution in [0, 0.1) is 36.0 Å². The number of nitriles is 1. The predicted octanol–water partition coefficient (Wildman–Crippen LogP) is 8.50. The minimum absolute atomic E-state index is 0.177. The monoisotopic (exact) mass is 548 g/mol. The Morgan fingerprint density at radius 2 is 1.85 bits per heavy atom. The molecule has 2 atom stereocenters. The van der Waals surface area contributed by atoms with E-state index in [1.165, 1.54) is 50.2 Å². The zero-order valence-corrected chi connectivity index (χ0v) is 25.3. The lowest BCUT2D eigenvalue weighted by Crippen LogP contribution is -2.35. The van der Waals surface area contributed by atoms with Crippen LogP contribution in [0.5, 0.6) is 0 Å².